The van der Waals surface area contributed by atoms with E-state index in [0.29, 0.717) is 15.1 Å². The first kappa shape index (κ1) is 10.6. The second-order valence-corrected chi connectivity index (χ2v) is 3.91. The summed E-state index contributed by atoms with van der Waals surface area (Å²) in [6, 6.07) is 1.22. The highest BCUT2D eigenvalue weighted by molar-refractivity contribution is 9.10. The molecule has 0 saturated carbocycles. The minimum absolute atomic E-state index is 0.0196. The standard InChI is InChI=1S/C7H3BrCl3F/c8-5-6(10)3(2-9)1-4(12)7(5)11/h1H,2H2. The third-order valence-electron chi connectivity index (χ3n) is 1.32. The number of hydrogen-bond donors (Lipinski definition) is 0. The van der Waals surface area contributed by atoms with Crippen LogP contribution in [0.15, 0.2) is 10.5 Å². The minimum atomic E-state index is -0.524. The first-order valence-electron chi connectivity index (χ1n) is 2.95. The van der Waals surface area contributed by atoms with Crippen molar-refractivity contribution in [3.8, 4) is 0 Å². The molecule has 0 saturated heterocycles. The van der Waals surface area contributed by atoms with E-state index in [0.717, 1.165) is 0 Å². The van der Waals surface area contributed by atoms with Gasteiger partial charge in [0.25, 0.3) is 0 Å². The van der Waals surface area contributed by atoms with E-state index in [1.807, 2.05) is 0 Å². The highest BCUT2D eigenvalue weighted by Gasteiger charge is 2.12. The van der Waals surface area contributed by atoms with Crippen LogP contribution in [0.4, 0.5) is 4.39 Å². The van der Waals surface area contributed by atoms with Crippen LogP contribution in [0, 0.1) is 5.82 Å². The lowest BCUT2D eigenvalue weighted by Crippen LogP contribution is -1.87. The van der Waals surface area contributed by atoms with E-state index in [2.05, 4.69) is 15.9 Å². The van der Waals surface area contributed by atoms with Crippen LogP contribution in [0.1, 0.15) is 5.56 Å². The van der Waals surface area contributed by atoms with Gasteiger partial charge in [-0.05, 0) is 27.6 Å². The van der Waals surface area contributed by atoms with Crippen molar-refractivity contribution in [2.24, 2.45) is 0 Å². The molecule has 0 N–H and O–H groups in total. The van der Waals surface area contributed by atoms with Gasteiger partial charge in [-0.25, -0.2) is 4.39 Å². The average Bonchev–Trinajstić information content (AvgIpc) is 2.08. The summed E-state index contributed by atoms with van der Waals surface area (Å²) in [4.78, 5) is 0. The molecule has 5 heteroatoms. The molecule has 0 spiro atoms. The predicted octanol–water partition coefficient (Wildman–Crippen LogP) is 4.63. The second-order valence-electron chi connectivity index (χ2n) is 2.09. The zero-order valence-electron chi connectivity index (χ0n) is 5.67. The molecular weight excluding hydrogens is 289 g/mol. The number of benzene rings is 1. The number of alkyl halides is 1. The van der Waals surface area contributed by atoms with Crippen LogP contribution in [-0.2, 0) is 5.88 Å². The molecule has 0 radical (unpaired) electrons. The van der Waals surface area contributed by atoms with Gasteiger partial charge >= 0.3 is 0 Å². The molecule has 0 aliphatic heterocycles. The van der Waals surface area contributed by atoms with E-state index in [1.54, 1.807) is 0 Å². The van der Waals surface area contributed by atoms with Crippen molar-refractivity contribution in [1.29, 1.82) is 0 Å². The van der Waals surface area contributed by atoms with Crippen molar-refractivity contribution >= 4 is 50.7 Å². The third-order valence-corrected chi connectivity index (χ3v) is 3.66. The third kappa shape index (κ3) is 1.87. The van der Waals surface area contributed by atoms with Gasteiger partial charge < -0.3 is 0 Å². The Morgan fingerprint density at radius 3 is 2.42 bits per heavy atom. The summed E-state index contributed by atoms with van der Waals surface area (Å²) >= 11 is 19.9. The molecule has 66 valence electrons. The zero-order valence-corrected chi connectivity index (χ0v) is 9.53. The number of halogens is 5. The van der Waals surface area contributed by atoms with Crippen molar-refractivity contribution in [2.45, 2.75) is 5.88 Å². The Bertz CT molecular complexity index is 314. The fraction of sp³-hybridized carbons (Fsp3) is 0.143. The minimum Gasteiger partial charge on any atom is -0.205 e. The normalized spacial score (nSPS) is 10.4. The second kappa shape index (κ2) is 4.14. The average molecular weight is 292 g/mol. The van der Waals surface area contributed by atoms with E-state index in [1.165, 1.54) is 6.07 Å². The summed E-state index contributed by atoms with van der Waals surface area (Å²) in [6.07, 6.45) is 0. The fourth-order valence-electron chi connectivity index (χ4n) is 0.719. The van der Waals surface area contributed by atoms with Crippen LogP contribution in [-0.4, -0.2) is 0 Å². The number of hydrogen-bond acceptors (Lipinski definition) is 0. The predicted molar refractivity (Wildman–Crippen MR) is 53.7 cm³/mol. The van der Waals surface area contributed by atoms with Gasteiger partial charge in [0.2, 0.25) is 0 Å². The van der Waals surface area contributed by atoms with Crippen molar-refractivity contribution in [3.63, 3.8) is 0 Å². The molecule has 0 aromatic heterocycles. The van der Waals surface area contributed by atoms with Crippen molar-refractivity contribution in [2.75, 3.05) is 0 Å². The molecule has 0 unspecified atom stereocenters. The van der Waals surface area contributed by atoms with E-state index >= 15 is 0 Å². The van der Waals surface area contributed by atoms with Crippen molar-refractivity contribution < 1.29 is 4.39 Å². The Labute approximate surface area is 92.7 Å². The Morgan fingerprint density at radius 2 is 1.92 bits per heavy atom. The summed E-state index contributed by atoms with van der Waals surface area (Å²) in [5.41, 5.74) is 0.520. The topological polar surface area (TPSA) is 0 Å². The molecule has 0 nitrogen and oxygen atoms in total. The quantitative estimate of drug-likeness (QED) is 0.402. The van der Waals surface area contributed by atoms with Crippen LogP contribution in [0.3, 0.4) is 0 Å². The van der Waals surface area contributed by atoms with E-state index in [-0.39, 0.29) is 10.9 Å². The fourth-order valence-corrected chi connectivity index (χ4v) is 1.86. The van der Waals surface area contributed by atoms with Crippen LogP contribution in [0.2, 0.25) is 10.0 Å². The molecule has 1 aromatic carbocycles. The van der Waals surface area contributed by atoms with Crippen LogP contribution in [0.5, 0.6) is 0 Å². The van der Waals surface area contributed by atoms with Gasteiger partial charge in [0, 0.05) is 5.88 Å². The molecule has 12 heavy (non-hydrogen) atoms. The van der Waals surface area contributed by atoms with E-state index in [4.69, 9.17) is 34.8 Å². The Kier molecular flexibility index (Phi) is 3.65. The Balaban J connectivity index is 3.39. The number of rotatable bonds is 1. The van der Waals surface area contributed by atoms with Gasteiger partial charge in [0.1, 0.15) is 5.82 Å². The Morgan fingerprint density at radius 1 is 1.33 bits per heavy atom. The van der Waals surface area contributed by atoms with Gasteiger partial charge in [0.15, 0.2) is 0 Å². The van der Waals surface area contributed by atoms with Crippen LogP contribution < -0.4 is 0 Å². The lowest BCUT2D eigenvalue weighted by Gasteiger charge is -2.05. The van der Waals surface area contributed by atoms with Gasteiger partial charge in [-0.1, -0.05) is 23.2 Å². The van der Waals surface area contributed by atoms with E-state index in [9.17, 15) is 4.39 Å². The monoisotopic (exact) mass is 290 g/mol. The molecule has 0 atom stereocenters. The van der Waals surface area contributed by atoms with Crippen molar-refractivity contribution in [3.05, 3.63) is 32.0 Å². The van der Waals surface area contributed by atoms with Crippen LogP contribution in [0.25, 0.3) is 0 Å². The van der Waals surface area contributed by atoms with Gasteiger partial charge in [-0.2, -0.15) is 0 Å². The molecule has 0 aliphatic rings. The first-order valence-corrected chi connectivity index (χ1v) is 5.04. The summed E-state index contributed by atoms with van der Waals surface area (Å²) < 4.78 is 13.3. The zero-order chi connectivity index (χ0) is 9.30. The Hall–Kier alpha value is 0.500. The molecule has 1 rings (SSSR count). The summed E-state index contributed by atoms with van der Waals surface area (Å²) in [6.45, 7) is 0. The lowest BCUT2D eigenvalue weighted by atomic mass is 10.2. The maximum atomic E-state index is 12.9. The molecule has 0 bridgehead atoms. The summed E-state index contributed by atoms with van der Waals surface area (Å²) in [5, 5.41) is 0.338. The highest BCUT2D eigenvalue weighted by atomic mass is 79.9. The molecule has 0 fully saturated rings. The SMILES string of the molecule is Fc1cc(CCl)c(Cl)c(Br)c1Cl. The van der Waals surface area contributed by atoms with E-state index < -0.39 is 5.82 Å². The highest BCUT2D eigenvalue weighted by Crippen LogP contribution is 2.35. The van der Waals surface area contributed by atoms with Gasteiger partial charge in [0.05, 0.1) is 14.5 Å². The van der Waals surface area contributed by atoms with Crippen molar-refractivity contribution in [1.82, 2.24) is 0 Å². The molecule has 0 aliphatic carbocycles. The largest absolute Gasteiger partial charge is 0.205 e. The smallest absolute Gasteiger partial charge is 0.143 e. The summed E-state index contributed by atoms with van der Waals surface area (Å²) in [7, 11) is 0. The lowest BCUT2D eigenvalue weighted by molar-refractivity contribution is 0.626. The molecular formula is C7H3BrCl3F. The maximum Gasteiger partial charge on any atom is 0.143 e. The van der Waals surface area contributed by atoms with Gasteiger partial charge in [-0.3, -0.25) is 0 Å². The van der Waals surface area contributed by atoms with Crippen LogP contribution >= 0.6 is 50.7 Å². The maximum absolute atomic E-state index is 12.9. The summed E-state index contributed by atoms with van der Waals surface area (Å²) in [5.74, 6) is -0.366. The molecule has 0 amide bonds. The molecule has 1 aromatic rings. The first-order chi connectivity index (χ1) is 5.57. The molecule has 0 heterocycles. The van der Waals surface area contributed by atoms with Gasteiger partial charge in [-0.15, -0.1) is 11.6 Å².